The molecule has 0 spiro atoms. The van der Waals surface area contributed by atoms with Gasteiger partial charge in [-0.05, 0) is 52.2 Å². The summed E-state index contributed by atoms with van der Waals surface area (Å²) in [5, 5.41) is 9.94. The van der Waals surface area contributed by atoms with Crippen LogP contribution >= 0.6 is 0 Å². The summed E-state index contributed by atoms with van der Waals surface area (Å²) in [6.07, 6.45) is 4.32. The smallest absolute Gasteiger partial charge is 0.211 e. The van der Waals surface area contributed by atoms with E-state index in [1.165, 1.54) is 6.26 Å². The van der Waals surface area contributed by atoms with Crippen molar-refractivity contribution in [3.8, 4) is 0 Å². The van der Waals surface area contributed by atoms with Crippen LogP contribution in [0.3, 0.4) is 0 Å². The van der Waals surface area contributed by atoms with E-state index >= 15 is 0 Å². The van der Waals surface area contributed by atoms with Gasteiger partial charge in [0.05, 0.1) is 12.4 Å². The first-order chi connectivity index (χ1) is 8.29. The zero-order chi connectivity index (χ0) is 13.8. The first-order valence-electron chi connectivity index (χ1n) is 6.57. The molecule has 108 valence electrons. The molecule has 1 aliphatic heterocycles. The topological polar surface area (TPSA) is 60.9 Å². The van der Waals surface area contributed by atoms with Crippen LogP contribution in [0, 0.1) is 5.92 Å². The summed E-state index contributed by atoms with van der Waals surface area (Å²) >= 11 is 0. The molecule has 2 atom stereocenters. The Morgan fingerprint density at radius 2 is 2.11 bits per heavy atom. The second-order valence-corrected chi connectivity index (χ2v) is 7.59. The normalized spacial score (nSPS) is 24.4. The summed E-state index contributed by atoms with van der Waals surface area (Å²) in [4.78, 5) is 2.05. The summed E-state index contributed by atoms with van der Waals surface area (Å²) < 4.78 is 24.5. The number of piperidine rings is 1. The molecule has 1 rings (SSSR count). The van der Waals surface area contributed by atoms with Crippen LogP contribution < -0.4 is 0 Å². The Bertz CT molecular complexity index is 343. The number of nitrogens with zero attached hydrogens (tertiary/aromatic N) is 2. The van der Waals surface area contributed by atoms with Crippen molar-refractivity contribution in [1.29, 1.82) is 0 Å². The van der Waals surface area contributed by atoms with Crippen LogP contribution in [-0.2, 0) is 10.0 Å². The van der Waals surface area contributed by atoms with Gasteiger partial charge in [-0.25, -0.2) is 12.7 Å². The minimum atomic E-state index is -3.08. The fourth-order valence-electron chi connectivity index (χ4n) is 2.43. The third kappa shape index (κ3) is 5.65. The van der Waals surface area contributed by atoms with Crippen LogP contribution in [0.1, 0.15) is 25.7 Å². The van der Waals surface area contributed by atoms with Crippen LogP contribution in [0.15, 0.2) is 0 Å². The van der Waals surface area contributed by atoms with Crippen molar-refractivity contribution >= 4 is 10.0 Å². The molecule has 0 aliphatic carbocycles. The number of aliphatic hydroxyl groups is 1. The average molecular weight is 278 g/mol. The first-order valence-corrected chi connectivity index (χ1v) is 8.42. The molecule has 0 aromatic heterocycles. The van der Waals surface area contributed by atoms with Gasteiger partial charge in [-0.1, -0.05) is 0 Å². The molecule has 1 saturated heterocycles. The van der Waals surface area contributed by atoms with Gasteiger partial charge in [0.25, 0.3) is 0 Å². The van der Waals surface area contributed by atoms with Crippen molar-refractivity contribution in [3.63, 3.8) is 0 Å². The van der Waals surface area contributed by atoms with Crippen LogP contribution in [0.25, 0.3) is 0 Å². The van der Waals surface area contributed by atoms with E-state index in [2.05, 4.69) is 0 Å². The molecule has 1 fully saturated rings. The fourth-order valence-corrected chi connectivity index (χ4v) is 3.37. The maximum absolute atomic E-state index is 11.5. The molecule has 0 amide bonds. The van der Waals surface area contributed by atoms with Gasteiger partial charge in [-0.15, -0.1) is 0 Å². The van der Waals surface area contributed by atoms with E-state index in [0.717, 1.165) is 25.8 Å². The van der Waals surface area contributed by atoms with E-state index in [4.69, 9.17) is 0 Å². The summed E-state index contributed by atoms with van der Waals surface area (Å²) in [7, 11) is 0.893. The van der Waals surface area contributed by atoms with Crippen molar-refractivity contribution in [3.05, 3.63) is 0 Å². The predicted molar refractivity (Wildman–Crippen MR) is 72.9 cm³/mol. The molecule has 6 heteroatoms. The van der Waals surface area contributed by atoms with Gasteiger partial charge >= 0.3 is 0 Å². The van der Waals surface area contributed by atoms with Crippen molar-refractivity contribution in [2.45, 2.75) is 31.8 Å². The largest absolute Gasteiger partial charge is 0.393 e. The van der Waals surface area contributed by atoms with Gasteiger partial charge in [0, 0.05) is 13.1 Å². The van der Waals surface area contributed by atoms with Crippen molar-refractivity contribution in [1.82, 2.24) is 9.21 Å². The van der Waals surface area contributed by atoms with E-state index < -0.39 is 10.0 Å². The SMILES string of the molecule is CN(C)CCC(O)CC1CCCN(S(C)(=O)=O)C1. The van der Waals surface area contributed by atoms with Crippen LogP contribution in [0.5, 0.6) is 0 Å². The van der Waals surface area contributed by atoms with Crippen molar-refractivity contribution in [2.24, 2.45) is 5.92 Å². The quantitative estimate of drug-likeness (QED) is 0.762. The number of hydrogen-bond acceptors (Lipinski definition) is 4. The Labute approximate surface area is 111 Å². The van der Waals surface area contributed by atoms with E-state index in [-0.39, 0.29) is 6.10 Å². The van der Waals surface area contributed by atoms with E-state index in [1.807, 2.05) is 19.0 Å². The molecule has 1 aliphatic rings. The molecule has 0 bridgehead atoms. The second-order valence-electron chi connectivity index (χ2n) is 5.61. The fraction of sp³-hybridized carbons (Fsp3) is 1.00. The lowest BCUT2D eigenvalue weighted by atomic mass is 9.92. The molecular weight excluding hydrogens is 252 g/mol. The Kier molecular flexibility index (Phi) is 6.04. The Balaban J connectivity index is 2.38. The Morgan fingerprint density at radius 1 is 1.44 bits per heavy atom. The highest BCUT2D eigenvalue weighted by Crippen LogP contribution is 2.23. The minimum absolute atomic E-state index is 0.297. The lowest BCUT2D eigenvalue weighted by molar-refractivity contribution is 0.107. The average Bonchev–Trinajstić information content (AvgIpc) is 2.25. The summed E-state index contributed by atoms with van der Waals surface area (Å²) in [6, 6.07) is 0. The highest BCUT2D eigenvalue weighted by atomic mass is 32.2. The standard InChI is InChI=1S/C12H26N2O3S/c1-13(2)8-6-12(15)9-11-5-4-7-14(10-11)18(3,16)17/h11-12,15H,4-10H2,1-3H3. The molecule has 0 saturated carbocycles. The van der Waals surface area contributed by atoms with Gasteiger partial charge < -0.3 is 10.0 Å². The molecule has 0 aromatic rings. The monoisotopic (exact) mass is 278 g/mol. The Hall–Kier alpha value is -0.170. The molecule has 2 unspecified atom stereocenters. The molecule has 0 radical (unpaired) electrons. The van der Waals surface area contributed by atoms with Gasteiger partial charge in [0.15, 0.2) is 0 Å². The number of sulfonamides is 1. The van der Waals surface area contributed by atoms with Gasteiger partial charge in [0.1, 0.15) is 0 Å². The molecule has 5 nitrogen and oxygen atoms in total. The third-order valence-corrected chi connectivity index (χ3v) is 4.74. The first kappa shape index (κ1) is 15.9. The van der Waals surface area contributed by atoms with Crippen molar-refractivity contribution in [2.75, 3.05) is 40.0 Å². The zero-order valence-corrected chi connectivity index (χ0v) is 12.5. The minimum Gasteiger partial charge on any atom is -0.393 e. The number of hydrogen-bond donors (Lipinski definition) is 1. The van der Waals surface area contributed by atoms with Crippen LogP contribution in [0.2, 0.25) is 0 Å². The van der Waals surface area contributed by atoms with Crippen LogP contribution in [0.4, 0.5) is 0 Å². The molecule has 1 heterocycles. The summed E-state index contributed by atoms with van der Waals surface area (Å²) in [6.45, 7) is 2.06. The van der Waals surface area contributed by atoms with Crippen LogP contribution in [-0.4, -0.2) is 68.8 Å². The second kappa shape index (κ2) is 6.84. The highest BCUT2D eigenvalue weighted by Gasteiger charge is 2.27. The zero-order valence-electron chi connectivity index (χ0n) is 11.7. The highest BCUT2D eigenvalue weighted by molar-refractivity contribution is 7.88. The third-order valence-electron chi connectivity index (χ3n) is 3.47. The lowest BCUT2D eigenvalue weighted by Crippen LogP contribution is -2.40. The van der Waals surface area contributed by atoms with Gasteiger partial charge in [-0.2, -0.15) is 0 Å². The Morgan fingerprint density at radius 3 is 2.67 bits per heavy atom. The van der Waals surface area contributed by atoms with E-state index in [0.29, 0.717) is 25.4 Å². The van der Waals surface area contributed by atoms with Crippen molar-refractivity contribution < 1.29 is 13.5 Å². The molecule has 0 aromatic carbocycles. The van der Waals surface area contributed by atoms with E-state index in [1.54, 1.807) is 4.31 Å². The maximum atomic E-state index is 11.5. The number of aliphatic hydroxyl groups excluding tert-OH is 1. The maximum Gasteiger partial charge on any atom is 0.211 e. The van der Waals surface area contributed by atoms with Gasteiger partial charge in [-0.3, -0.25) is 0 Å². The molecular formula is C12H26N2O3S. The lowest BCUT2D eigenvalue weighted by Gasteiger charge is -2.32. The predicted octanol–water partition coefficient (Wildman–Crippen LogP) is 0.361. The summed E-state index contributed by atoms with van der Waals surface area (Å²) in [5.41, 5.74) is 0. The number of rotatable bonds is 6. The van der Waals surface area contributed by atoms with E-state index in [9.17, 15) is 13.5 Å². The molecule has 1 N–H and O–H groups in total. The van der Waals surface area contributed by atoms with Gasteiger partial charge in [0.2, 0.25) is 10.0 Å². The summed E-state index contributed by atoms with van der Waals surface area (Å²) in [5.74, 6) is 0.297. The molecule has 18 heavy (non-hydrogen) atoms.